The molecule has 1 unspecified atom stereocenters. The first-order chi connectivity index (χ1) is 10.3. The van der Waals surface area contributed by atoms with Gasteiger partial charge < -0.3 is 10.6 Å². The summed E-state index contributed by atoms with van der Waals surface area (Å²) < 4.78 is 0. The number of nitro groups is 1. The fraction of sp³-hybridized carbons (Fsp3) is 0.562. The Labute approximate surface area is 142 Å². The molecule has 0 aliphatic carbocycles. The van der Waals surface area contributed by atoms with Crippen molar-refractivity contribution in [3.8, 4) is 0 Å². The maximum absolute atomic E-state index is 12.3. The molecule has 7 heteroatoms. The predicted octanol–water partition coefficient (Wildman–Crippen LogP) is 2.83. The van der Waals surface area contributed by atoms with E-state index >= 15 is 0 Å². The minimum absolute atomic E-state index is 0. The van der Waals surface area contributed by atoms with Gasteiger partial charge in [0.25, 0.3) is 11.6 Å². The Balaban J connectivity index is 0.00000264. The quantitative estimate of drug-likeness (QED) is 0.651. The molecule has 128 valence electrons. The van der Waals surface area contributed by atoms with Gasteiger partial charge in [0.15, 0.2) is 0 Å². The van der Waals surface area contributed by atoms with Crippen LogP contribution < -0.4 is 10.6 Å². The molecule has 1 aliphatic heterocycles. The molecule has 6 nitrogen and oxygen atoms in total. The first-order valence-electron chi connectivity index (χ1n) is 7.58. The lowest BCUT2D eigenvalue weighted by atomic mass is 9.77. The topological polar surface area (TPSA) is 84.3 Å². The first-order valence-corrected chi connectivity index (χ1v) is 7.58. The molecular formula is C16H24ClN3O3. The number of hydrogen-bond acceptors (Lipinski definition) is 4. The summed E-state index contributed by atoms with van der Waals surface area (Å²) in [4.78, 5) is 22.6. The van der Waals surface area contributed by atoms with Gasteiger partial charge in [-0.05, 0) is 43.4 Å². The number of nitrogens with one attached hydrogen (secondary N) is 2. The van der Waals surface area contributed by atoms with Gasteiger partial charge in [-0.3, -0.25) is 14.9 Å². The molecule has 1 aliphatic rings. The zero-order chi connectivity index (χ0) is 16.3. The van der Waals surface area contributed by atoms with Crippen LogP contribution in [0.5, 0.6) is 0 Å². The van der Waals surface area contributed by atoms with E-state index in [9.17, 15) is 14.9 Å². The van der Waals surface area contributed by atoms with Crippen LogP contribution in [0.4, 0.5) is 5.69 Å². The van der Waals surface area contributed by atoms with Crippen LogP contribution in [0.1, 0.15) is 42.6 Å². The van der Waals surface area contributed by atoms with Crippen molar-refractivity contribution < 1.29 is 9.72 Å². The van der Waals surface area contributed by atoms with Gasteiger partial charge in [-0.15, -0.1) is 12.4 Å². The predicted molar refractivity (Wildman–Crippen MR) is 92.2 cm³/mol. The number of halogens is 1. The zero-order valence-corrected chi connectivity index (χ0v) is 14.5. The zero-order valence-electron chi connectivity index (χ0n) is 13.7. The Hall–Kier alpha value is -1.66. The lowest BCUT2D eigenvalue weighted by Gasteiger charge is -2.39. The van der Waals surface area contributed by atoms with E-state index in [0.29, 0.717) is 17.7 Å². The Morgan fingerprint density at radius 3 is 2.74 bits per heavy atom. The number of aryl methyl sites for hydroxylation is 1. The van der Waals surface area contributed by atoms with Crippen LogP contribution in [-0.2, 0) is 0 Å². The fourth-order valence-electron chi connectivity index (χ4n) is 2.93. The van der Waals surface area contributed by atoms with E-state index < -0.39 is 4.92 Å². The summed E-state index contributed by atoms with van der Waals surface area (Å²) in [6.45, 7) is 7.65. The molecule has 0 aromatic heterocycles. The maximum Gasteiger partial charge on any atom is 0.269 e. The number of nitrogens with zero attached hydrogens (tertiary/aromatic N) is 1. The van der Waals surface area contributed by atoms with Crippen LogP contribution in [0, 0.1) is 22.5 Å². The second-order valence-corrected chi connectivity index (χ2v) is 6.57. The second-order valence-electron chi connectivity index (χ2n) is 6.57. The van der Waals surface area contributed by atoms with Crippen LogP contribution in [0.25, 0.3) is 0 Å². The molecule has 2 N–H and O–H groups in total. The van der Waals surface area contributed by atoms with Crippen molar-refractivity contribution in [1.29, 1.82) is 0 Å². The van der Waals surface area contributed by atoms with Crippen molar-refractivity contribution in [2.75, 3.05) is 13.1 Å². The van der Waals surface area contributed by atoms with Crippen LogP contribution in [-0.4, -0.2) is 30.0 Å². The third kappa shape index (κ3) is 4.65. The molecule has 1 aromatic carbocycles. The molecule has 23 heavy (non-hydrogen) atoms. The molecule has 1 fully saturated rings. The van der Waals surface area contributed by atoms with Gasteiger partial charge in [-0.2, -0.15) is 0 Å². The van der Waals surface area contributed by atoms with Gasteiger partial charge in [-0.25, -0.2) is 0 Å². The van der Waals surface area contributed by atoms with Crippen molar-refractivity contribution in [3.05, 3.63) is 39.4 Å². The first kappa shape index (κ1) is 19.4. The number of hydrogen-bond donors (Lipinski definition) is 2. The van der Waals surface area contributed by atoms with Gasteiger partial charge in [-0.1, -0.05) is 13.8 Å². The van der Waals surface area contributed by atoms with Crippen molar-refractivity contribution in [1.82, 2.24) is 10.6 Å². The molecule has 0 bridgehead atoms. The lowest BCUT2D eigenvalue weighted by Crippen LogP contribution is -2.52. The summed E-state index contributed by atoms with van der Waals surface area (Å²) in [5.41, 5.74) is 1.25. The third-order valence-electron chi connectivity index (χ3n) is 4.46. The van der Waals surface area contributed by atoms with E-state index in [1.807, 2.05) is 0 Å². The summed E-state index contributed by atoms with van der Waals surface area (Å²) in [5.74, 6) is -0.185. The van der Waals surface area contributed by atoms with Crippen molar-refractivity contribution in [2.45, 2.75) is 39.7 Å². The largest absolute Gasteiger partial charge is 0.350 e. The second kappa shape index (κ2) is 7.75. The summed E-state index contributed by atoms with van der Waals surface area (Å²) in [6, 6.07) is 4.55. The number of amides is 1. The van der Waals surface area contributed by atoms with Crippen LogP contribution in [0.3, 0.4) is 0 Å². The molecule has 0 radical (unpaired) electrons. The van der Waals surface area contributed by atoms with E-state index in [1.165, 1.54) is 18.2 Å². The number of piperidine rings is 1. The van der Waals surface area contributed by atoms with E-state index in [4.69, 9.17) is 0 Å². The monoisotopic (exact) mass is 341 g/mol. The summed E-state index contributed by atoms with van der Waals surface area (Å²) in [6.07, 6.45) is 2.29. The maximum atomic E-state index is 12.3. The molecule has 2 rings (SSSR count). The van der Waals surface area contributed by atoms with Crippen LogP contribution >= 0.6 is 12.4 Å². The average Bonchev–Trinajstić information content (AvgIpc) is 2.45. The van der Waals surface area contributed by atoms with E-state index in [0.717, 1.165) is 19.4 Å². The minimum atomic E-state index is -0.455. The molecule has 1 saturated heterocycles. The van der Waals surface area contributed by atoms with Crippen LogP contribution in [0.15, 0.2) is 18.2 Å². The van der Waals surface area contributed by atoms with E-state index in [2.05, 4.69) is 24.5 Å². The molecule has 0 saturated carbocycles. The van der Waals surface area contributed by atoms with Gasteiger partial charge >= 0.3 is 0 Å². The number of rotatable bonds is 4. The average molecular weight is 342 g/mol. The molecule has 1 heterocycles. The Kier molecular flexibility index (Phi) is 6.53. The van der Waals surface area contributed by atoms with Gasteiger partial charge in [0.1, 0.15) is 0 Å². The summed E-state index contributed by atoms with van der Waals surface area (Å²) >= 11 is 0. The van der Waals surface area contributed by atoms with Crippen molar-refractivity contribution >= 4 is 24.0 Å². The minimum Gasteiger partial charge on any atom is -0.350 e. The van der Waals surface area contributed by atoms with Crippen molar-refractivity contribution in [2.24, 2.45) is 5.41 Å². The third-order valence-corrected chi connectivity index (χ3v) is 4.46. The smallest absolute Gasteiger partial charge is 0.269 e. The highest BCUT2D eigenvalue weighted by Gasteiger charge is 2.32. The Morgan fingerprint density at radius 1 is 1.48 bits per heavy atom. The van der Waals surface area contributed by atoms with Crippen molar-refractivity contribution in [3.63, 3.8) is 0 Å². The highest BCUT2D eigenvalue weighted by atomic mass is 35.5. The number of carbonyl (C=O) groups excluding carboxylic acids is 1. The highest BCUT2D eigenvalue weighted by molar-refractivity contribution is 5.95. The van der Waals surface area contributed by atoms with Gasteiger partial charge in [0.05, 0.1) is 4.92 Å². The van der Waals surface area contributed by atoms with E-state index in [-0.39, 0.29) is 35.5 Å². The van der Waals surface area contributed by atoms with Gasteiger partial charge in [0, 0.05) is 30.3 Å². The van der Waals surface area contributed by atoms with Crippen LogP contribution in [0.2, 0.25) is 0 Å². The highest BCUT2D eigenvalue weighted by Crippen LogP contribution is 2.29. The molecule has 1 aromatic rings. The number of benzene rings is 1. The molecular weight excluding hydrogens is 318 g/mol. The van der Waals surface area contributed by atoms with E-state index in [1.54, 1.807) is 6.92 Å². The molecule has 1 atom stereocenters. The number of non-ortho nitro benzene ring substituents is 1. The Bertz CT molecular complexity index is 590. The lowest BCUT2D eigenvalue weighted by molar-refractivity contribution is -0.384. The molecule has 0 spiro atoms. The van der Waals surface area contributed by atoms with Gasteiger partial charge in [0.2, 0.25) is 0 Å². The molecule has 1 amide bonds. The summed E-state index contributed by atoms with van der Waals surface area (Å²) in [5, 5.41) is 17.1. The standard InChI is InChI=1S/C16H23N3O3.ClH/c1-11-9-12(19(21)22)5-6-13(11)15(20)18-10-14-16(2,3)7-4-8-17-14;/h5-6,9,14,17H,4,7-8,10H2,1-3H3,(H,18,20);1H. The SMILES string of the molecule is Cc1cc([N+](=O)[O-])ccc1C(=O)NCC1NCCCC1(C)C.Cl. The number of nitro benzene ring substituents is 1. The number of carbonyl (C=O) groups is 1. The Morgan fingerprint density at radius 2 is 2.17 bits per heavy atom. The summed E-state index contributed by atoms with van der Waals surface area (Å²) in [7, 11) is 0. The normalized spacial score (nSPS) is 19.5. The fourth-order valence-corrected chi connectivity index (χ4v) is 2.93.